The smallest absolute Gasteiger partial charge is 0.136 e. The molecule has 0 bridgehead atoms. The molecule has 1 saturated heterocycles. The Labute approximate surface area is 169 Å². The maximum absolute atomic E-state index is 9.78. The van der Waals surface area contributed by atoms with E-state index in [0.29, 0.717) is 6.42 Å². The molecule has 29 heavy (non-hydrogen) atoms. The van der Waals surface area contributed by atoms with Crippen LogP contribution in [0.5, 0.6) is 5.75 Å². The minimum Gasteiger partial charge on any atom is -0.490 e. The number of fused-ring (bicyclic) bond motifs is 2. The molecule has 148 valence electrons. The van der Waals surface area contributed by atoms with Crippen molar-refractivity contribution in [3.63, 3.8) is 0 Å². The number of aromatic nitrogens is 3. The maximum Gasteiger partial charge on any atom is 0.136 e. The molecule has 0 amide bonds. The van der Waals surface area contributed by atoms with Crippen LogP contribution in [0.2, 0.25) is 0 Å². The fourth-order valence-corrected chi connectivity index (χ4v) is 4.10. The molecule has 1 unspecified atom stereocenters. The van der Waals surface area contributed by atoms with Gasteiger partial charge in [0.15, 0.2) is 0 Å². The number of imidazole rings is 1. The lowest BCUT2D eigenvalue weighted by Crippen LogP contribution is -2.25. The van der Waals surface area contributed by atoms with E-state index in [1.165, 1.54) is 0 Å². The van der Waals surface area contributed by atoms with Gasteiger partial charge in [0.2, 0.25) is 0 Å². The van der Waals surface area contributed by atoms with Gasteiger partial charge in [-0.2, -0.15) is 0 Å². The number of rotatable bonds is 4. The van der Waals surface area contributed by atoms with Crippen LogP contribution in [-0.4, -0.2) is 38.4 Å². The number of hydrogen-bond donors (Lipinski definition) is 2. The Morgan fingerprint density at radius 2 is 2.10 bits per heavy atom. The highest BCUT2D eigenvalue weighted by atomic mass is 16.5. The molecule has 0 aliphatic carbocycles. The third kappa shape index (κ3) is 3.45. The highest BCUT2D eigenvalue weighted by Crippen LogP contribution is 2.33. The van der Waals surface area contributed by atoms with E-state index in [1.807, 2.05) is 35.7 Å². The van der Waals surface area contributed by atoms with Gasteiger partial charge in [-0.15, -0.1) is 0 Å². The van der Waals surface area contributed by atoms with Crippen molar-refractivity contribution in [2.24, 2.45) is 5.92 Å². The third-order valence-corrected chi connectivity index (χ3v) is 5.71. The molecule has 0 radical (unpaired) electrons. The normalized spacial score (nSPS) is 20.4. The second-order valence-electron chi connectivity index (χ2n) is 7.85. The van der Waals surface area contributed by atoms with E-state index in [2.05, 4.69) is 46.6 Å². The molecule has 6 nitrogen and oxygen atoms in total. The van der Waals surface area contributed by atoms with E-state index in [4.69, 9.17) is 4.74 Å². The number of aliphatic hydroxyl groups is 1. The first-order valence-electron chi connectivity index (χ1n) is 9.99. The van der Waals surface area contributed by atoms with Gasteiger partial charge in [-0.05, 0) is 67.8 Å². The van der Waals surface area contributed by atoms with Gasteiger partial charge in [0.05, 0.1) is 11.2 Å². The minimum atomic E-state index is -0.443. The second-order valence-corrected chi connectivity index (χ2v) is 7.85. The molecule has 4 aromatic rings. The van der Waals surface area contributed by atoms with Crippen molar-refractivity contribution in [1.29, 1.82) is 0 Å². The van der Waals surface area contributed by atoms with Gasteiger partial charge in [0.1, 0.15) is 23.7 Å². The molecule has 1 fully saturated rings. The number of aryl methyl sites for hydroxylation is 1. The molecule has 0 saturated carbocycles. The molecule has 4 heterocycles. The Morgan fingerprint density at radius 3 is 2.93 bits per heavy atom. The molecule has 5 rings (SSSR count). The van der Waals surface area contributed by atoms with Crippen LogP contribution in [0, 0.1) is 12.8 Å². The largest absolute Gasteiger partial charge is 0.490 e. The van der Waals surface area contributed by atoms with Gasteiger partial charge in [-0.1, -0.05) is 0 Å². The maximum atomic E-state index is 9.78. The summed E-state index contributed by atoms with van der Waals surface area (Å²) in [6.07, 6.45) is 6.16. The average Bonchev–Trinajstić information content (AvgIpc) is 3.31. The molecular formula is C23H24N4O2. The minimum absolute atomic E-state index is 0.0166. The lowest BCUT2D eigenvalue weighted by molar-refractivity contribution is 0.128. The van der Waals surface area contributed by atoms with Crippen LogP contribution in [0.25, 0.3) is 27.7 Å². The van der Waals surface area contributed by atoms with Crippen LogP contribution in [-0.2, 0) is 0 Å². The standard InChI is InChI=1S/C23H24N4O2/c1-14-12-27-13-16(5-6-22(27)26-14)17-8-20-19(4-3-7-24-20)21(9-17)29-15(2)18-10-23(28)25-11-18/h3-9,12-13,15,18,23,25,28H,10-11H2,1-2H3/t15-,18-,23?/m1/s1. The van der Waals surface area contributed by atoms with Crippen molar-refractivity contribution >= 4 is 16.6 Å². The van der Waals surface area contributed by atoms with Gasteiger partial charge in [-0.25, -0.2) is 4.98 Å². The molecule has 0 spiro atoms. The summed E-state index contributed by atoms with van der Waals surface area (Å²) in [5.41, 5.74) is 4.96. The third-order valence-electron chi connectivity index (χ3n) is 5.71. The molecule has 1 aliphatic heterocycles. The summed E-state index contributed by atoms with van der Waals surface area (Å²) in [5, 5.41) is 13.9. The molecule has 2 N–H and O–H groups in total. The first kappa shape index (κ1) is 18.1. The Morgan fingerprint density at radius 1 is 1.21 bits per heavy atom. The quantitative estimate of drug-likeness (QED) is 0.559. The zero-order valence-corrected chi connectivity index (χ0v) is 16.5. The zero-order chi connectivity index (χ0) is 20.0. The Bertz CT molecular complexity index is 1190. The van der Waals surface area contributed by atoms with E-state index >= 15 is 0 Å². The van der Waals surface area contributed by atoms with Crippen molar-refractivity contribution in [1.82, 2.24) is 19.7 Å². The highest BCUT2D eigenvalue weighted by Gasteiger charge is 2.28. The molecule has 6 heteroatoms. The van der Waals surface area contributed by atoms with Gasteiger partial charge < -0.3 is 14.2 Å². The number of aliphatic hydroxyl groups excluding tert-OH is 1. The van der Waals surface area contributed by atoms with Crippen LogP contribution in [0.15, 0.2) is 55.0 Å². The van der Waals surface area contributed by atoms with Gasteiger partial charge in [0, 0.05) is 36.4 Å². The van der Waals surface area contributed by atoms with Crippen molar-refractivity contribution in [2.45, 2.75) is 32.6 Å². The summed E-state index contributed by atoms with van der Waals surface area (Å²) in [6, 6.07) is 12.3. The summed E-state index contributed by atoms with van der Waals surface area (Å²) < 4.78 is 8.45. The van der Waals surface area contributed by atoms with E-state index in [9.17, 15) is 5.11 Å². The van der Waals surface area contributed by atoms with Crippen LogP contribution < -0.4 is 10.1 Å². The van der Waals surface area contributed by atoms with Gasteiger partial charge in [0.25, 0.3) is 0 Å². The second kappa shape index (κ2) is 7.13. The average molecular weight is 388 g/mol. The number of pyridine rings is 2. The molecular weight excluding hydrogens is 364 g/mol. The Hall–Kier alpha value is -2.96. The van der Waals surface area contributed by atoms with Gasteiger partial charge in [-0.3, -0.25) is 10.3 Å². The summed E-state index contributed by atoms with van der Waals surface area (Å²) in [7, 11) is 0. The molecule has 1 aliphatic rings. The number of nitrogens with one attached hydrogen (secondary N) is 1. The monoisotopic (exact) mass is 388 g/mol. The number of ether oxygens (including phenoxy) is 1. The Balaban J connectivity index is 1.55. The summed E-state index contributed by atoms with van der Waals surface area (Å²) in [5.74, 6) is 1.09. The molecule has 3 aromatic heterocycles. The van der Waals surface area contributed by atoms with Crippen LogP contribution in [0.4, 0.5) is 0 Å². The molecule has 1 aromatic carbocycles. The van der Waals surface area contributed by atoms with E-state index in [0.717, 1.165) is 45.7 Å². The van der Waals surface area contributed by atoms with Crippen molar-refractivity contribution in [2.75, 3.05) is 6.54 Å². The Kier molecular flexibility index (Phi) is 4.45. The predicted octanol–water partition coefficient (Wildman–Crippen LogP) is 3.55. The van der Waals surface area contributed by atoms with Crippen molar-refractivity contribution in [3.8, 4) is 16.9 Å². The first-order chi connectivity index (χ1) is 14.1. The number of nitrogens with zero attached hydrogens (tertiary/aromatic N) is 3. The number of hydrogen-bond acceptors (Lipinski definition) is 5. The molecule has 3 atom stereocenters. The first-order valence-corrected chi connectivity index (χ1v) is 9.99. The fraction of sp³-hybridized carbons (Fsp3) is 0.304. The topological polar surface area (TPSA) is 71.7 Å². The fourth-order valence-electron chi connectivity index (χ4n) is 4.10. The highest BCUT2D eigenvalue weighted by molar-refractivity contribution is 5.90. The lowest BCUT2D eigenvalue weighted by atomic mass is 10.0. The van der Waals surface area contributed by atoms with Crippen molar-refractivity contribution < 1.29 is 9.84 Å². The SMILES string of the molecule is Cc1cn2cc(-c3cc(O[C@H](C)[C@H]4CNC(O)C4)c4cccnc4c3)ccc2n1. The van der Waals surface area contributed by atoms with Crippen LogP contribution in [0.1, 0.15) is 19.0 Å². The van der Waals surface area contributed by atoms with E-state index in [1.54, 1.807) is 6.20 Å². The number of benzene rings is 1. The predicted molar refractivity (Wildman–Crippen MR) is 113 cm³/mol. The van der Waals surface area contributed by atoms with Crippen LogP contribution in [0.3, 0.4) is 0 Å². The van der Waals surface area contributed by atoms with Crippen molar-refractivity contribution in [3.05, 3.63) is 60.7 Å². The zero-order valence-electron chi connectivity index (χ0n) is 16.5. The van der Waals surface area contributed by atoms with Crippen LogP contribution >= 0.6 is 0 Å². The summed E-state index contributed by atoms with van der Waals surface area (Å²) in [6.45, 7) is 4.82. The lowest BCUT2D eigenvalue weighted by Gasteiger charge is -2.22. The van der Waals surface area contributed by atoms with E-state index < -0.39 is 6.23 Å². The van der Waals surface area contributed by atoms with E-state index in [-0.39, 0.29) is 12.0 Å². The van der Waals surface area contributed by atoms with Gasteiger partial charge >= 0.3 is 0 Å². The summed E-state index contributed by atoms with van der Waals surface area (Å²) >= 11 is 0. The summed E-state index contributed by atoms with van der Waals surface area (Å²) in [4.78, 5) is 9.06.